The number of allylic oxidation sites excluding steroid dienone is 1. The van der Waals surface area contributed by atoms with Gasteiger partial charge < -0.3 is 4.74 Å². The lowest BCUT2D eigenvalue weighted by molar-refractivity contribution is -0.0498. The van der Waals surface area contributed by atoms with Gasteiger partial charge >= 0.3 is 6.61 Å². The van der Waals surface area contributed by atoms with Crippen molar-refractivity contribution < 1.29 is 13.5 Å². The van der Waals surface area contributed by atoms with Gasteiger partial charge in [-0.15, -0.1) is 6.58 Å². The summed E-state index contributed by atoms with van der Waals surface area (Å²) >= 11 is 1.43. The summed E-state index contributed by atoms with van der Waals surface area (Å²) in [4.78, 5) is 17.4. The molecule has 27 heavy (non-hydrogen) atoms. The third-order valence-electron chi connectivity index (χ3n) is 4.00. The van der Waals surface area contributed by atoms with Crippen LogP contribution in [0.2, 0.25) is 0 Å². The molecule has 1 unspecified atom stereocenters. The minimum absolute atomic E-state index is 0.0465. The number of aromatic nitrogens is 2. The molecule has 4 nitrogen and oxygen atoms in total. The maximum absolute atomic E-state index is 12.8. The van der Waals surface area contributed by atoms with Crippen molar-refractivity contribution >= 4 is 22.7 Å². The average Bonchev–Trinajstić information content (AvgIpc) is 2.65. The number of para-hydroxylation sites is 1. The molecular weight excluding hydrogens is 370 g/mol. The molecule has 1 atom stereocenters. The van der Waals surface area contributed by atoms with Crippen LogP contribution < -0.4 is 10.3 Å². The lowest BCUT2D eigenvalue weighted by Crippen LogP contribution is -2.23. The second-order valence-corrected chi connectivity index (χ2v) is 7.13. The highest BCUT2D eigenvalue weighted by Gasteiger charge is 2.15. The van der Waals surface area contributed by atoms with Gasteiger partial charge in [0.2, 0.25) is 0 Å². The molecule has 0 bridgehead atoms. The number of fused-ring (bicyclic) bond motifs is 1. The zero-order valence-electron chi connectivity index (χ0n) is 14.6. The summed E-state index contributed by atoms with van der Waals surface area (Å²) < 4.78 is 30.5. The van der Waals surface area contributed by atoms with E-state index in [0.29, 0.717) is 22.6 Å². The Morgan fingerprint density at radius 1 is 1.22 bits per heavy atom. The van der Waals surface area contributed by atoms with Crippen LogP contribution in [0.15, 0.2) is 71.1 Å². The summed E-state index contributed by atoms with van der Waals surface area (Å²) in [6, 6.07) is 13.7. The van der Waals surface area contributed by atoms with Crippen LogP contribution in [0.5, 0.6) is 5.75 Å². The molecule has 0 saturated heterocycles. The SMILES string of the molecule is C=CCn1c(SC(C)c2ccc(OC(F)F)cc2)nc2ccccc2c1=O. The quantitative estimate of drug-likeness (QED) is 0.323. The minimum atomic E-state index is -2.85. The van der Waals surface area contributed by atoms with Crippen molar-refractivity contribution in [2.45, 2.75) is 30.5 Å². The first-order valence-electron chi connectivity index (χ1n) is 8.31. The Morgan fingerprint density at radius 3 is 2.59 bits per heavy atom. The number of halogens is 2. The van der Waals surface area contributed by atoms with Crippen molar-refractivity contribution in [2.75, 3.05) is 0 Å². The summed E-state index contributed by atoms with van der Waals surface area (Å²) in [6.07, 6.45) is 1.66. The second kappa shape index (κ2) is 8.35. The van der Waals surface area contributed by atoms with Crippen LogP contribution in [-0.4, -0.2) is 16.2 Å². The fourth-order valence-corrected chi connectivity index (χ4v) is 3.72. The van der Waals surface area contributed by atoms with Gasteiger partial charge in [0.25, 0.3) is 5.56 Å². The summed E-state index contributed by atoms with van der Waals surface area (Å²) in [6.45, 7) is 3.19. The Morgan fingerprint density at radius 2 is 1.93 bits per heavy atom. The van der Waals surface area contributed by atoms with Crippen molar-refractivity contribution in [2.24, 2.45) is 0 Å². The Balaban J connectivity index is 1.91. The molecule has 0 aliphatic heterocycles. The number of alkyl halides is 2. The van der Waals surface area contributed by atoms with Gasteiger partial charge in [-0.3, -0.25) is 9.36 Å². The van der Waals surface area contributed by atoms with Gasteiger partial charge in [0.15, 0.2) is 5.16 Å². The van der Waals surface area contributed by atoms with Gasteiger partial charge in [-0.05, 0) is 36.8 Å². The standard InChI is InChI=1S/C20H18F2N2O2S/c1-3-12-24-18(25)16-6-4-5-7-17(16)23-20(24)27-13(2)14-8-10-15(11-9-14)26-19(21)22/h3-11,13,19H,1,12H2,2H3. The third kappa shape index (κ3) is 4.36. The smallest absolute Gasteiger partial charge is 0.387 e. The average molecular weight is 388 g/mol. The lowest BCUT2D eigenvalue weighted by atomic mass is 10.2. The lowest BCUT2D eigenvalue weighted by Gasteiger charge is -2.16. The van der Waals surface area contributed by atoms with E-state index in [1.165, 1.54) is 23.9 Å². The van der Waals surface area contributed by atoms with Crippen LogP contribution in [-0.2, 0) is 6.54 Å². The second-order valence-electron chi connectivity index (χ2n) is 5.82. The fraction of sp³-hybridized carbons (Fsp3) is 0.200. The van der Waals surface area contributed by atoms with Gasteiger partial charge in [0.1, 0.15) is 5.75 Å². The largest absolute Gasteiger partial charge is 0.435 e. The summed E-state index contributed by atoms with van der Waals surface area (Å²) in [5, 5.41) is 1.10. The van der Waals surface area contributed by atoms with Gasteiger partial charge in [-0.2, -0.15) is 8.78 Å². The molecule has 3 rings (SSSR count). The molecule has 0 saturated carbocycles. The summed E-state index contributed by atoms with van der Waals surface area (Å²) in [7, 11) is 0. The summed E-state index contributed by atoms with van der Waals surface area (Å²) in [5.41, 5.74) is 1.43. The van der Waals surface area contributed by atoms with E-state index in [2.05, 4.69) is 16.3 Å². The Kier molecular flexibility index (Phi) is 5.91. The molecule has 0 amide bonds. The molecule has 0 radical (unpaired) electrons. The van der Waals surface area contributed by atoms with Crippen molar-refractivity contribution in [3.63, 3.8) is 0 Å². The predicted molar refractivity (Wildman–Crippen MR) is 104 cm³/mol. The minimum Gasteiger partial charge on any atom is -0.435 e. The highest BCUT2D eigenvalue weighted by Crippen LogP contribution is 2.34. The highest BCUT2D eigenvalue weighted by molar-refractivity contribution is 7.99. The van der Waals surface area contributed by atoms with E-state index in [1.54, 1.807) is 34.9 Å². The van der Waals surface area contributed by atoms with Crippen LogP contribution in [0.25, 0.3) is 10.9 Å². The number of nitrogens with zero attached hydrogens (tertiary/aromatic N) is 2. The first-order valence-corrected chi connectivity index (χ1v) is 9.19. The van der Waals surface area contributed by atoms with E-state index in [1.807, 2.05) is 19.1 Å². The van der Waals surface area contributed by atoms with Gasteiger partial charge in [0.05, 0.1) is 10.9 Å². The van der Waals surface area contributed by atoms with Gasteiger partial charge in [-0.25, -0.2) is 4.98 Å². The van der Waals surface area contributed by atoms with Crippen molar-refractivity contribution in [1.29, 1.82) is 0 Å². The fourth-order valence-electron chi connectivity index (χ4n) is 2.67. The topological polar surface area (TPSA) is 44.1 Å². The van der Waals surface area contributed by atoms with E-state index in [9.17, 15) is 13.6 Å². The van der Waals surface area contributed by atoms with E-state index < -0.39 is 6.61 Å². The number of thioether (sulfide) groups is 1. The maximum Gasteiger partial charge on any atom is 0.387 e. The number of benzene rings is 2. The van der Waals surface area contributed by atoms with Crippen molar-refractivity contribution in [3.8, 4) is 5.75 Å². The Bertz CT molecular complexity index is 1000. The van der Waals surface area contributed by atoms with Crippen LogP contribution in [0.3, 0.4) is 0 Å². The molecule has 0 spiro atoms. The molecule has 7 heteroatoms. The molecule has 0 N–H and O–H groups in total. The molecule has 140 valence electrons. The molecule has 0 aliphatic carbocycles. The summed E-state index contributed by atoms with van der Waals surface area (Å²) in [5.74, 6) is 0.110. The Labute approximate surface area is 159 Å². The van der Waals surface area contributed by atoms with E-state index in [0.717, 1.165) is 5.56 Å². The first kappa shape index (κ1) is 19.1. The zero-order valence-corrected chi connectivity index (χ0v) is 15.5. The molecule has 0 aliphatic rings. The number of hydrogen-bond donors (Lipinski definition) is 0. The third-order valence-corrected chi connectivity index (χ3v) is 5.14. The van der Waals surface area contributed by atoms with Crippen molar-refractivity contribution in [3.05, 3.63) is 77.1 Å². The zero-order chi connectivity index (χ0) is 19.4. The highest BCUT2D eigenvalue weighted by atomic mass is 32.2. The Hall–Kier alpha value is -2.67. The van der Waals surface area contributed by atoms with Gasteiger partial charge in [-0.1, -0.05) is 42.1 Å². The van der Waals surface area contributed by atoms with Crippen LogP contribution >= 0.6 is 11.8 Å². The number of hydrogen-bond acceptors (Lipinski definition) is 4. The van der Waals surface area contributed by atoms with E-state index >= 15 is 0 Å². The number of rotatable bonds is 7. The van der Waals surface area contributed by atoms with Crippen molar-refractivity contribution in [1.82, 2.24) is 9.55 Å². The maximum atomic E-state index is 12.8. The van der Waals surface area contributed by atoms with Crippen LogP contribution in [0, 0.1) is 0 Å². The molecule has 3 aromatic rings. The van der Waals surface area contributed by atoms with Crippen LogP contribution in [0.1, 0.15) is 17.7 Å². The van der Waals surface area contributed by atoms with Crippen LogP contribution in [0.4, 0.5) is 8.78 Å². The van der Waals surface area contributed by atoms with E-state index in [4.69, 9.17) is 0 Å². The molecular formula is C20H18F2N2O2S. The number of ether oxygens (including phenoxy) is 1. The molecule has 2 aromatic carbocycles. The van der Waals surface area contributed by atoms with Gasteiger partial charge in [0, 0.05) is 11.8 Å². The molecule has 1 heterocycles. The molecule has 1 aromatic heterocycles. The monoisotopic (exact) mass is 388 g/mol. The predicted octanol–water partition coefficient (Wildman–Crippen LogP) is 5.04. The van der Waals surface area contributed by atoms with E-state index in [-0.39, 0.29) is 16.6 Å². The molecule has 0 fully saturated rings. The first-order chi connectivity index (χ1) is 13.0. The normalized spacial score (nSPS) is 12.3.